The topological polar surface area (TPSA) is 9.23 Å². The molecule has 2 rings (SSSR count). The van der Waals surface area contributed by atoms with Crippen molar-refractivity contribution in [1.29, 1.82) is 0 Å². The van der Waals surface area contributed by atoms with Gasteiger partial charge in [-0.3, -0.25) is 0 Å². The molecule has 2 saturated carbocycles. The van der Waals surface area contributed by atoms with Gasteiger partial charge in [0, 0.05) is 6.61 Å². The molecule has 0 aromatic rings. The van der Waals surface area contributed by atoms with Crippen LogP contribution in [0.15, 0.2) is 25.3 Å². The highest BCUT2D eigenvalue weighted by Gasteiger charge is 2.24. The zero-order valence-corrected chi connectivity index (χ0v) is 15.2. The van der Waals surface area contributed by atoms with E-state index in [0.29, 0.717) is 0 Å². The molecule has 132 valence electrons. The number of rotatable bonds is 10. The summed E-state index contributed by atoms with van der Waals surface area (Å²) in [6.07, 6.45) is 21.1. The van der Waals surface area contributed by atoms with Crippen LogP contribution in [0.4, 0.5) is 0 Å². The molecule has 0 aromatic carbocycles. The summed E-state index contributed by atoms with van der Waals surface area (Å²) in [7, 11) is 0. The Labute approximate surface area is 144 Å². The average molecular weight is 319 g/mol. The summed E-state index contributed by atoms with van der Waals surface area (Å²) in [5.74, 6) is 3.84. The third-order valence-corrected chi connectivity index (χ3v) is 6.28. The molecular weight excluding hydrogens is 280 g/mol. The van der Waals surface area contributed by atoms with Crippen LogP contribution in [0, 0.1) is 23.7 Å². The number of hydrogen-bond acceptors (Lipinski definition) is 1. The molecule has 0 heterocycles. The van der Waals surface area contributed by atoms with Gasteiger partial charge in [0.15, 0.2) is 0 Å². The normalized spacial score (nSPS) is 31.7. The summed E-state index contributed by atoms with van der Waals surface area (Å²) in [5.41, 5.74) is 0. The van der Waals surface area contributed by atoms with E-state index in [0.717, 1.165) is 36.9 Å². The van der Waals surface area contributed by atoms with Crippen LogP contribution in [0.3, 0.4) is 0 Å². The standard InChI is InChI=1S/C22H38O/c1-3-5-6-19-7-9-20(10-8-19)11-12-21-13-15-22(16-14-21)18-23-17-4-2/h3-4,19-22H,1-2,5-18H2/t19-,20-,21?,22?. The van der Waals surface area contributed by atoms with Gasteiger partial charge in [0.05, 0.1) is 6.61 Å². The van der Waals surface area contributed by atoms with E-state index in [1.807, 2.05) is 6.08 Å². The van der Waals surface area contributed by atoms with E-state index >= 15 is 0 Å². The van der Waals surface area contributed by atoms with Crippen LogP contribution in [-0.4, -0.2) is 13.2 Å². The Balaban J connectivity index is 1.52. The van der Waals surface area contributed by atoms with E-state index in [4.69, 9.17) is 4.74 Å². The molecule has 0 radical (unpaired) electrons. The first-order valence-electron chi connectivity index (χ1n) is 10.1. The fourth-order valence-electron chi connectivity index (χ4n) is 4.64. The molecule has 0 aliphatic heterocycles. The Morgan fingerprint density at radius 1 is 0.652 bits per heavy atom. The fourth-order valence-corrected chi connectivity index (χ4v) is 4.64. The number of hydrogen-bond donors (Lipinski definition) is 0. The molecule has 0 unspecified atom stereocenters. The van der Waals surface area contributed by atoms with Crippen molar-refractivity contribution < 1.29 is 4.74 Å². The predicted molar refractivity (Wildman–Crippen MR) is 101 cm³/mol. The third kappa shape index (κ3) is 7.25. The second kappa shape index (κ2) is 11.1. The number of ether oxygens (including phenoxy) is 1. The van der Waals surface area contributed by atoms with Gasteiger partial charge in [-0.25, -0.2) is 0 Å². The van der Waals surface area contributed by atoms with E-state index in [2.05, 4.69) is 19.2 Å². The van der Waals surface area contributed by atoms with Crippen molar-refractivity contribution in [1.82, 2.24) is 0 Å². The van der Waals surface area contributed by atoms with Gasteiger partial charge < -0.3 is 4.74 Å². The second-order valence-electron chi connectivity index (χ2n) is 8.04. The zero-order valence-electron chi connectivity index (χ0n) is 15.2. The van der Waals surface area contributed by atoms with Gasteiger partial charge in [-0.2, -0.15) is 0 Å². The SMILES string of the molecule is C=CCC[C@H]1CC[C@H](CCC2CCC(COCC=C)CC2)CC1. The van der Waals surface area contributed by atoms with Crippen molar-refractivity contribution in [3.8, 4) is 0 Å². The van der Waals surface area contributed by atoms with Crippen molar-refractivity contribution in [3.63, 3.8) is 0 Å². The van der Waals surface area contributed by atoms with Crippen LogP contribution in [-0.2, 0) is 4.74 Å². The van der Waals surface area contributed by atoms with Crippen LogP contribution in [0.1, 0.15) is 77.0 Å². The maximum absolute atomic E-state index is 5.63. The molecule has 2 aliphatic rings. The summed E-state index contributed by atoms with van der Waals surface area (Å²) >= 11 is 0. The molecule has 0 spiro atoms. The van der Waals surface area contributed by atoms with Gasteiger partial charge in [-0.05, 0) is 49.4 Å². The first-order chi connectivity index (χ1) is 11.3. The lowest BCUT2D eigenvalue weighted by atomic mass is 9.75. The minimum Gasteiger partial charge on any atom is -0.377 e. The summed E-state index contributed by atoms with van der Waals surface area (Å²) in [6, 6.07) is 0. The van der Waals surface area contributed by atoms with E-state index in [1.54, 1.807) is 0 Å². The Morgan fingerprint density at radius 3 is 1.61 bits per heavy atom. The Kier molecular flexibility index (Phi) is 9.04. The molecule has 0 N–H and O–H groups in total. The molecule has 2 fully saturated rings. The second-order valence-corrected chi connectivity index (χ2v) is 8.04. The fraction of sp³-hybridized carbons (Fsp3) is 0.818. The summed E-state index contributed by atoms with van der Waals surface area (Å²) in [4.78, 5) is 0. The van der Waals surface area contributed by atoms with Gasteiger partial charge in [-0.15, -0.1) is 13.2 Å². The molecule has 0 bridgehead atoms. The molecule has 1 nitrogen and oxygen atoms in total. The largest absolute Gasteiger partial charge is 0.377 e. The minimum atomic E-state index is 0.718. The molecule has 1 heteroatoms. The van der Waals surface area contributed by atoms with Crippen LogP contribution in [0.5, 0.6) is 0 Å². The Hall–Kier alpha value is -0.560. The zero-order chi connectivity index (χ0) is 16.3. The minimum absolute atomic E-state index is 0.718. The lowest BCUT2D eigenvalue weighted by Gasteiger charge is -2.32. The molecule has 2 aliphatic carbocycles. The highest BCUT2D eigenvalue weighted by molar-refractivity contribution is 4.78. The lowest BCUT2D eigenvalue weighted by Crippen LogP contribution is -2.20. The van der Waals surface area contributed by atoms with Crippen molar-refractivity contribution in [2.75, 3.05) is 13.2 Å². The van der Waals surface area contributed by atoms with Crippen LogP contribution in [0.2, 0.25) is 0 Å². The molecule has 0 atom stereocenters. The Bertz CT molecular complexity index is 319. The van der Waals surface area contributed by atoms with Crippen LogP contribution < -0.4 is 0 Å². The average Bonchev–Trinajstić information content (AvgIpc) is 2.60. The van der Waals surface area contributed by atoms with Gasteiger partial charge in [0.25, 0.3) is 0 Å². The smallest absolute Gasteiger partial charge is 0.0644 e. The third-order valence-electron chi connectivity index (χ3n) is 6.28. The summed E-state index contributed by atoms with van der Waals surface area (Å²) < 4.78 is 5.63. The first-order valence-corrected chi connectivity index (χ1v) is 10.1. The van der Waals surface area contributed by atoms with E-state index in [1.165, 1.54) is 77.0 Å². The number of allylic oxidation sites excluding steroid dienone is 1. The van der Waals surface area contributed by atoms with Crippen LogP contribution >= 0.6 is 0 Å². The maximum Gasteiger partial charge on any atom is 0.0644 e. The van der Waals surface area contributed by atoms with Crippen molar-refractivity contribution in [2.24, 2.45) is 23.7 Å². The molecule has 0 amide bonds. The van der Waals surface area contributed by atoms with Gasteiger partial charge >= 0.3 is 0 Å². The lowest BCUT2D eigenvalue weighted by molar-refractivity contribution is 0.0936. The quantitative estimate of drug-likeness (QED) is 0.328. The monoisotopic (exact) mass is 318 g/mol. The van der Waals surface area contributed by atoms with Crippen molar-refractivity contribution in [3.05, 3.63) is 25.3 Å². The molecule has 0 saturated heterocycles. The van der Waals surface area contributed by atoms with Gasteiger partial charge in [0.2, 0.25) is 0 Å². The summed E-state index contributed by atoms with van der Waals surface area (Å²) in [5, 5.41) is 0. The molecule has 23 heavy (non-hydrogen) atoms. The predicted octanol–water partition coefficient (Wildman–Crippen LogP) is 6.55. The maximum atomic E-state index is 5.63. The van der Waals surface area contributed by atoms with Crippen molar-refractivity contribution in [2.45, 2.75) is 77.0 Å². The first kappa shape index (κ1) is 18.8. The van der Waals surface area contributed by atoms with Gasteiger partial charge in [-0.1, -0.05) is 63.5 Å². The van der Waals surface area contributed by atoms with Gasteiger partial charge in [0.1, 0.15) is 0 Å². The van der Waals surface area contributed by atoms with E-state index in [-0.39, 0.29) is 0 Å². The van der Waals surface area contributed by atoms with Crippen molar-refractivity contribution >= 4 is 0 Å². The molecule has 0 aromatic heterocycles. The highest BCUT2D eigenvalue weighted by atomic mass is 16.5. The van der Waals surface area contributed by atoms with E-state index in [9.17, 15) is 0 Å². The molecular formula is C22H38O. The highest BCUT2D eigenvalue weighted by Crippen LogP contribution is 2.37. The summed E-state index contributed by atoms with van der Waals surface area (Å²) in [6.45, 7) is 9.24. The Morgan fingerprint density at radius 2 is 1.13 bits per heavy atom. The van der Waals surface area contributed by atoms with E-state index < -0.39 is 0 Å². The van der Waals surface area contributed by atoms with Crippen LogP contribution in [0.25, 0.3) is 0 Å².